The van der Waals surface area contributed by atoms with E-state index in [2.05, 4.69) is 35.5 Å². The number of hydrogen-bond donors (Lipinski definition) is 2. The van der Waals surface area contributed by atoms with Gasteiger partial charge in [-0.25, -0.2) is 9.98 Å². The van der Waals surface area contributed by atoms with Crippen molar-refractivity contribution in [1.82, 2.24) is 15.6 Å². The molecule has 0 amide bonds. The van der Waals surface area contributed by atoms with Crippen molar-refractivity contribution in [3.63, 3.8) is 0 Å². The van der Waals surface area contributed by atoms with Gasteiger partial charge in [0.15, 0.2) is 22.6 Å². The first-order chi connectivity index (χ1) is 14.0. The summed E-state index contributed by atoms with van der Waals surface area (Å²) >= 11 is 1.62. The quantitative estimate of drug-likeness (QED) is 0.261. The molecule has 0 bridgehead atoms. The molecule has 2 N–H and O–H groups in total. The second-order valence-electron chi connectivity index (χ2n) is 6.65. The highest BCUT2D eigenvalue weighted by atomic mass is 127. The number of anilines is 1. The van der Waals surface area contributed by atoms with Crippen LogP contribution in [-0.4, -0.2) is 44.8 Å². The molecule has 0 spiro atoms. The second kappa shape index (κ2) is 13.5. The first kappa shape index (κ1) is 26.3. The van der Waals surface area contributed by atoms with E-state index in [1.165, 1.54) is 0 Å². The lowest BCUT2D eigenvalue weighted by Gasteiger charge is -2.20. The lowest BCUT2D eigenvalue weighted by Crippen LogP contribution is -2.38. The van der Waals surface area contributed by atoms with Gasteiger partial charge in [-0.1, -0.05) is 6.07 Å². The molecule has 2 aromatic rings. The minimum atomic E-state index is 0. The number of guanidine groups is 1. The molecule has 168 valence electrons. The molecule has 30 heavy (non-hydrogen) atoms. The summed E-state index contributed by atoms with van der Waals surface area (Å²) in [5, 5.41) is 9.80. The molecule has 0 radical (unpaired) electrons. The molecular weight excluding hydrogens is 513 g/mol. The van der Waals surface area contributed by atoms with Crippen LogP contribution in [0.3, 0.4) is 0 Å². The predicted octanol–water partition coefficient (Wildman–Crippen LogP) is 4.44. The van der Waals surface area contributed by atoms with Gasteiger partial charge in [-0.2, -0.15) is 0 Å². The first-order valence-electron chi connectivity index (χ1n) is 10.0. The van der Waals surface area contributed by atoms with Crippen molar-refractivity contribution in [2.45, 2.75) is 40.3 Å². The van der Waals surface area contributed by atoms with Gasteiger partial charge in [-0.3, -0.25) is 0 Å². The van der Waals surface area contributed by atoms with Crippen molar-refractivity contribution < 1.29 is 9.47 Å². The maximum atomic E-state index is 5.75. The van der Waals surface area contributed by atoms with Gasteiger partial charge in [0.05, 0.1) is 31.5 Å². The zero-order valence-electron chi connectivity index (χ0n) is 18.7. The third-order valence-corrected chi connectivity index (χ3v) is 5.14. The lowest BCUT2D eigenvalue weighted by molar-refractivity contribution is 0.287. The number of halogens is 1. The molecule has 2 rings (SSSR count). The van der Waals surface area contributed by atoms with Gasteiger partial charge in [0.2, 0.25) is 0 Å². The van der Waals surface area contributed by atoms with Gasteiger partial charge in [-0.15, -0.1) is 35.3 Å². The van der Waals surface area contributed by atoms with Crippen LogP contribution in [0.4, 0.5) is 5.13 Å². The molecule has 0 aliphatic carbocycles. The maximum absolute atomic E-state index is 5.75. The number of aromatic nitrogens is 1. The van der Waals surface area contributed by atoms with Crippen molar-refractivity contribution >= 4 is 46.4 Å². The molecule has 9 heteroatoms. The Labute approximate surface area is 201 Å². The molecule has 0 aliphatic heterocycles. The third-order valence-electron chi connectivity index (χ3n) is 4.09. The van der Waals surface area contributed by atoms with Crippen molar-refractivity contribution in [1.29, 1.82) is 0 Å². The van der Waals surface area contributed by atoms with Crippen LogP contribution in [0.25, 0.3) is 0 Å². The van der Waals surface area contributed by atoms with E-state index in [0.717, 1.165) is 40.4 Å². The largest absolute Gasteiger partial charge is 0.490 e. The Bertz CT molecular complexity index is 797. The van der Waals surface area contributed by atoms with Crippen LogP contribution >= 0.6 is 35.3 Å². The smallest absolute Gasteiger partial charge is 0.192 e. The van der Waals surface area contributed by atoms with Crippen molar-refractivity contribution in [2.75, 3.05) is 38.8 Å². The maximum Gasteiger partial charge on any atom is 0.192 e. The minimum Gasteiger partial charge on any atom is -0.490 e. The molecule has 0 saturated heterocycles. The summed E-state index contributed by atoms with van der Waals surface area (Å²) in [6.45, 7) is 10.6. The zero-order valence-corrected chi connectivity index (χ0v) is 21.8. The Kier molecular flexibility index (Phi) is 11.9. The molecule has 1 aromatic carbocycles. The second-order valence-corrected chi connectivity index (χ2v) is 7.49. The summed E-state index contributed by atoms with van der Waals surface area (Å²) in [6.07, 6.45) is 0. The standard InChI is InChI=1S/C21H33N5O2S.HI/c1-7-22-20(23-13-17-14-29-21(25-17)26(5)6)24-15(4)16-10-11-18(27-8-2)19(12-16)28-9-3;/h10-12,14-15H,7-9,13H2,1-6H3,(H2,22,23,24);1H. The molecule has 1 atom stereocenters. The van der Waals surface area contributed by atoms with E-state index in [9.17, 15) is 0 Å². The Balaban J connectivity index is 0.00000450. The molecule has 0 aliphatic rings. The van der Waals surface area contributed by atoms with Gasteiger partial charge in [-0.05, 0) is 45.4 Å². The molecule has 1 aromatic heterocycles. The molecule has 0 fully saturated rings. The Morgan fingerprint density at radius 1 is 1.17 bits per heavy atom. The van der Waals surface area contributed by atoms with Crippen molar-refractivity contribution in [2.24, 2.45) is 4.99 Å². The van der Waals surface area contributed by atoms with Crippen molar-refractivity contribution in [3.8, 4) is 11.5 Å². The minimum absolute atomic E-state index is 0. The number of hydrogen-bond acceptors (Lipinski definition) is 6. The molecule has 1 unspecified atom stereocenters. The Morgan fingerprint density at radius 2 is 1.87 bits per heavy atom. The number of ether oxygens (including phenoxy) is 2. The lowest BCUT2D eigenvalue weighted by atomic mass is 10.1. The van der Waals surface area contributed by atoms with Gasteiger partial charge in [0, 0.05) is 26.0 Å². The van der Waals surface area contributed by atoms with Crippen LogP contribution in [0.2, 0.25) is 0 Å². The average Bonchev–Trinajstić information content (AvgIpc) is 3.17. The fourth-order valence-corrected chi connectivity index (χ4v) is 3.43. The number of nitrogens with one attached hydrogen (secondary N) is 2. The molecule has 0 saturated carbocycles. The highest BCUT2D eigenvalue weighted by molar-refractivity contribution is 14.0. The number of aliphatic imine (C=N–C) groups is 1. The average molecular weight is 548 g/mol. The van der Waals surface area contributed by atoms with Crippen LogP contribution in [0.15, 0.2) is 28.6 Å². The first-order valence-corrected chi connectivity index (χ1v) is 10.9. The normalized spacial score (nSPS) is 12.0. The number of benzene rings is 1. The summed E-state index contributed by atoms with van der Waals surface area (Å²) in [5.74, 6) is 2.29. The van der Waals surface area contributed by atoms with E-state index < -0.39 is 0 Å². The summed E-state index contributed by atoms with van der Waals surface area (Å²) in [6, 6.07) is 6.10. The van der Waals surface area contributed by atoms with E-state index in [0.29, 0.717) is 19.8 Å². The topological polar surface area (TPSA) is 71.0 Å². The number of thiazole rings is 1. The monoisotopic (exact) mass is 547 g/mol. The fourth-order valence-electron chi connectivity index (χ4n) is 2.68. The Hall–Kier alpha value is -1.75. The van der Waals surface area contributed by atoms with E-state index >= 15 is 0 Å². The summed E-state index contributed by atoms with van der Waals surface area (Å²) in [7, 11) is 3.99. The molecular formula is C21H34IN5O2S. The highest BCUT2D eigenvalue weighted by Gasteiger charge is 2.13. The van der Waals surface area contributed by atoms with E-state index in [1.54, 1.807) is 11.3 Å². The van der Waals surface area contributed by atoms with Crippen LogP contribution < -0.4 is 25.0 Å². The number of nitrogens with zero attached hydrogens (tertiary/aromatic N) is 3. The van der Waals surface area contributed by atoms with E-state index in [-0.39, 0.29) is 30.0 Å². The summed E-state index contributed by atoms with van der Waals surface area (Å²) < 4.78 is 11.4. The molecule has 7 nitrogen and oxygen atoms in total. The van der Waals surface area contributed by atoms with Gasteiger partial charge >= 0.3 is 0 Å². The third kappa shape index (κ3) is 7.82. The zero-order chi connectivity index (χ0) is 21.2. The van der Waals surface area contributed by atoms with Crippen LogP contribution in [0.5, 0.6) is 11.5 Å². The SMILES string of the molecule is CCNC(=NCc1csc(N(C)C)n1)NC(C)c1ccc(OCC)c(OCC)c1.I. The number of rotatable bonds is 10. The predicted molar refractivity (Wildman–Crippen MR) is 137 cm³/mol. The summed E-state index contributed by atoms with van der Waals surface area (Å²) in [4.78, 5) is 11.3. The van der Waals surface area contributed by atoms with Crippen LogP contribution in [-0.2, 0) is 6.54 Å². The van der Waals surface area contributed by atoms with E-state index in [1.807, 2.05) is 50.4 Å². The fraction of sp³-hybridized carbons (Fsp3) is 0.524. The Morgan fingerprint density at radius 3 is 2.47 bits per heavy atom. The van der Waals surface area contributed by atoms with Gasteiger partial charge in [0.1, 0.15) is 0 Å². The molecule has 1 heterocycles. The van der Waals surface area contributed by atoms with Crippen molar-refractivity contribution in [3.05, 3.63) is 34.8 Å². The van der Waals surface area contributed by atoms with Gasteiger partial charge < -0.3 is 25.0 Å². The van der Waals surface area contributed by atoms with E-state index in [4.69, 9.17) is 14.5 Å². The van der Waals surface area contributed by atoms with Crippen LogP contribution in [0.1, 0.15) is 45.0 Å². The highest BCUT2D eigenvalue weighted by Crippen LogP contribution is 2.30. The van der Waals surface area contributed by atoms with Gasteiger partial charge in [0.25, 0.3) is 0 Å². The summed E-state index contributed by atoms with van der Waals surface area (Å²) in [5.41, 5.74) is 2.06. The van der Waals surface area contributed by atoms with Crippen LogP contribution in [0, 0.1) is 0 Å².